The maximum atomic E-state index is 11.2. The van der Waals surface area contributed by atoms with Crippen LogP contribution in [0.4, 0.5) is 4.79 Å². The first-order valence-corrected chi connectivity index (χ1v) is 6.36. The average Bonchev–Trinajstić information content (AvgIpc) is 2.83. The SMILES string of the molecule is Cc1ccc(CNCCN2CCNC2=O)s1. The van der Waals surface area contributed by atoms with Gasteiger partial charge in [0.1, 0.15) is 0 Å². The molecule has 1 aromatic rings. The topological polar surface area (TPSA) is 44.4 Å². The zero-order chi connectivity index (χ0) is 11.4. The number of hydrogen-bond donors (Lipinski definition) is 2. The van der Waals surface area contributed by atoms with Gasteiger partial charge in [0.2, 0.25) is 0 Å². The molecule has 1 fully saturated rings. The molecule has 1 aliphatic rings. The van der Waals surface area contributed by atoms with Gasteiger partial charge in [-0.05, 0) is 19.1 Å². The van der Waals surface area contributed by atoms with E-state index in [1.807, 2.05) is 16.2 Å². The summed E-state index contributed by atoms with van der Waals surface area (Å²) in [5.74, 6) is 0. The normalized spacial score (nSPS) is 15.6. The Morgan fingerprint density at radius 3 is 3.06 bits per heavy atom. The number of urea groups is 1. The van der Waals surface area contributed by atoms with Gasteiger partial charge >= 0.3 is 6.03 Å². The van der Waals surface area contributed by atoms with Gasteiger partial charge in [-0.3, -0.25) is 0 Å². The summed E-state index contributed by atoms with van der Waals surface area (Å²) in [5, 5.41) is 6.14. The second kappa shape index (κ2) is 5.32. The molecule has 0 spiro atoms. The van der Waals surface area contributed by atoms with Crippen LogP contribution in [0.2, 0.25) is 0 Å². The third-order valence-electron chi connectivity index (χ3n) is 2.60. The number of nitrogens with zero attached hydrogens (tertiary/aromatic N) is 1. The molecular weight excluding hydrogens is 222 g/mol. The molecule has 0 atom stereocenters. The monoisotopic (exact) mass is 239 g/mol. The quantitative estimate of drug-likeness (QED) is 0.758. The Balaban J connectivity index is 1.63. The van der Waals surface area contributed by atoms with Crippen molar-refractivity contribution < 1.29 is 4.79 Å². The summed E-state index contributed by atoms with van der Waals surface area (Å²) in [6.07, 6.45) is 0. The number of amides is 2. The number of rotatable bonds is 5. The molecular formula is C11H17N3OS. The molecule has 1 saturated heterocycles. The first-order valence-electron chi connectivity index (χ1n) is 5.54. The summed E-state index contributed by atoms with van der Waals surface area (Å²) in [6.45, 7) is 6.26. The van der Waals surface area contributed by atoms with Crippen LogP contribution in [0.15, 0.2) is 12.1 Å². The molecule has 0 unspecified atom stereocenters. The third kappa shape index (κ3) is 2.96. The molecule has 2 rings (SSSR count). The lowest BCUT2D eigenvalue weighted by Gasteiger charge is -2.13. The van der Waals surface area contributed by atoms with E-state index >= 15 is 0 Å². The zero-order valence-electron chi connectivity index (χ0n) is 9.45. The van der Waals surface area contributed by atoms with Crippen LogP contribution in [0.5, 0.6) is 0 Å². The second-order valence-electron chi connectivity index (χ2n) is 3.91. The highest BCUT2D eigenvalue weighted by atomic mass is 32.1. The Labute approximate surface area is 99.6 Å². The van der Waals surface area contributed by atoms with Gasteiger partial charge in [0.15, 0.2) is 0 Å². The van der Waals surface area contributed by atoms with Crippen molar-refractivity contribution in [3.8, 4) is 0 Å². The molecule has 4 nitrogen and oxygen atoms in total. The fraction of sp³-hybridized carbons (Fsp3) is 0.545. The van der Waals surface area contributed by atoms with E-state index in [4.69, 9.17) is 0 Å². The van der Waals surface area contributed by atoms with E-state index in [0.717, 1.165) is 32.7 Å². The summed E-state index contributed by atoms with van der Waals surface area (Å²) < 4.78 is 0. The Kier molecular flexibility index (Phi) is 3.79. The first kappa shape index (κ1) is 11.4. The fourth-order valence-corrected chi connectivity index (χ4v) is 2.59. The number of hydrogen-bond acceptors (Lipinski definition) is 3. The minimum atomic E-state index is 0.0637. The third-order valence-corrected chi connectivity index (χ3v) is 3.60. The van der Waals surface area contributed by atoms with Gasteiger partial charge in [0.25, 0.3) is 0 Å². The summed E-state index contributed by atoms with van der Waals surface area (Å²) >= 11 is 1.82. The predicted octanol–water partition coefficient (Wildman–Crippen LogP) is 1.17. The molecule has 2 N–H and O–H groups in total. The van der Waals surface area contributed by atoms with Gasteiger partial charge in [-0.2, -0.15) is 0 Å². The van der Waals surface area contributed by atoms with E-state index in [-0.39, 0.29) is 6.03 Å². The minimum Gasteiger partial charge on any atom is -0.336 e. The molecule has 88 valence electrons. The van der Waals surface area contributed by atoms with Crippen molar-refractivity contribution in [1.82, 2.24) is 15.5 Å². The predicted molar refractivity (Wildman–Crippen MR) is 65.7 cm³/mol. The highest BCUT2D eigenvalue weighted by Crippen LogP contribution is 2.14. The van der Waals surface area contributed by atoms with E-state index in [1.54, 1.807) is 0 Å². The van der Waals surface area contributed by atoms with Crippen molar-refractivity contribution in [2.24, 2.45) is 0 Å². The molecule has 0 aliphatic carbocycles. The largest absolute Gasteiger partial charge is 0.336 e. The van der Waals surface area contributed by atoms with Crippen LogP contribution in [0.1, 0.15) is 9.75 Å². The maximum absolute atomic E-state index is 11.2. The van der Waals surface area contributed by atoms with E-state index in [1.165, 1.54) is 9.75 Å². The number of aryl methyl sites for hydroxylation is 1. The van der Waals surface area contributed by atoms with Crippen LogP contribution < -0.4 is 10.6 Å². The number of carbonyl (C=O) groups is 1. The number of nitrogens with one attached hydrogen (secondary N) is 2. The summed E-state index contributed by atoms with van der Waals surface area (Å²) in [7, 11) is 0. The van der Waals surface area contributed by atoms with Gasteiger partial charge in [0, 0.05) is 42.5 Å². The Morgan fingerprint density at radius 1 is 1.56 bits per heavy atom. The van der Waals surface area contributed by atoms with Crippen molar-refractivity contribution in [3.63, 3.8) is 0 Å². The van der Waals surface area contributed by atoms with Crippen LogP contribution in [-0.4, -0.2) is 37.1 Å². The van der Waals surface area contributed by atoms with Gasteiger partial charge in [0.05, 0.1) is 0 Å². The van der Waals surface area contributed by atoms with Crippen molar-refractivity contribution in [2.75, 3.05) is 26.2 Å². The molecule has 1 aromatic heterocycles. The minimum absolute atomic E-state index is 0.0637. The number of thiophene rings is 1. The molecule has 16 heavy (non-hydrogen) atoms. The summed E-state index contributed by atoms with van der Waals surface area (Å²) in [6, 6.07) is 4.35. The van der Waals surface area contributed by atoms with Gasteiger partial charge < -0.3 is 15.5 Å². The van der Waals surface area contributed by atoms with Crippen LogP contribution in [0.25, 0.3) is 0 Å². The average molecular weight is 239 g/mol. The Morgan fingerprint density at radius 2 is 2.44 bits per heavy atom. The molecule has 0 radical (unpaired) electrons. The molecule has 2 heterocycles. The van der Waals surface area contributed by atoms with Crippen molar-refractivity contribution in [3.05, 3.63) is 21.9 Å². The lowest BCUT2D eigenvalue weighted by molar-refractivity contribution is 0.217. The molecule has 0 bridgehead atoms. The van der Waals surface area contributed by atoms with Gasteiger partial charge in [-0.25, -0.2) is 4.79 Å². The molecule has 0 aromatic carbocycles. The van der Waals surface area contributed by atoms with E-state index < -0.39 is 0 Å². The lowest BCUT2D eigenvalue weighted by Crippen LogP contribution is -2.34. The van der Waals surface area contributed by atoms with E-state index in [9.17, 15) is 4.79 Å². The molecule has 0 saturated carbocycles. The second-order valence-corrected chi connectivity index (χ2v) is 5.28. The molecule has 5 heteroatoms. The van der Waals surface area contributed by atoms with Crippen molar-refractivity contribution in [2.45, 2.75) is 13.5 Å². The molecule has 1 aliphatic heterocycles. The Bertz CT molecular complexity index is 364. The highest BCUT2D eigenvalue weighted by molar-refractivity contribution is 7.11. The maximum Gasteiger partial charge on any atom is 0.317 e. The Hall–Kier alpha value is -1.07. The zero-order valence-corrected chi connectivity index (χ0v) is 10.3. The summed E-state index contributed by atoms with van der Waals surface area (Å²) in [5.41, 5.74) is 0. The first-order chi connectivity index (χ1) is 7.75. The summed E-state index contributed by atoms with van der Waals surface area (Å²) in [4.78, 5) is 15.8. The van der Waals surface area contributed by atoms with Crippen LogP contribution >= 0.6 is 11.3 Å². The fourth-order valence-electron chi connectivity index (χ4n) is 1.73. The number of carbonyl (C=O) groups excluding carboxylic acids is 1. The molecule has 2 amide bonds. The standard InChI is InChI=1S/C11H17N3OS/c1-9-2-3-10(16-9)8-12-4-6-14-7-5-13-11(14)15/h2-3,12H,4-8H2,1H3,(H,13,15). The van der Waals surface area contributed by atoms with Crippen LogP contribution in [-0.2, 0) is 6.54 Å². The van der Waals surface area contributed by atoms with Gasteiger partial charge in [-0.15, -0.1) is 11.3 Å². The van der Waals surface area contributed by atoms with E-state index in [0.29, 0.717) is 0 Å². The van der Waals surface area contributed by atoms with Gasteiger partial charge in [-0.1, -0.05) is 0 Å². The van der Waals surface area contributed by atoms with E-state index in [2.05, 4.69) is 29.7 Å². The van der Waals surface area contributed by atoms with Crippen LogP contribution in [0, 0.1) is 6.92 Å². The highest BCUT2D eigenvalue weighted by Gasteiger charge is 2.17. The van der Waals surface area contributed by atoms with Crippen molar-refractivity contribution >= 4 is 17.4 Å². The van der Waals surface area contributed by atoms with Crippen LogP contribution in [0.3, 0.4) is 0 Å². The smallest absolute Gasteiger partial charge is 0.317 e. The van der Waals surface area contributed by atoms with Crippen molar-refractivity contribution in [1.29, 1.82) is 0 Å². The lowest BCUT2D eigenvalue weighted by atomic mass is 10.4.